The number of amides is 1. The molecule has 2 aromatic rings. The van der Waals surface area contributed by atoms with E-state index in [-0.39, 0.29) is 17.6 Å². The molecule has 0 unspecified atom stereocenters. The Morgan fingerprint density at radius 3 is 2.38 bits per heavy atom. The normalized spacial score (nSPS) is 14.6. The van der Waals surface area contributed by atoms with Crippen LogP contribution < -0.4 is 4.90 Å². The van der Waals surface area contributed by atoms with Crippen LogP contribution in [0.25, 0.3) is 0 Å². The van der Waals surface area contributed by atoms with E-state index < -0.39 is 0 Å². The number of aryl methyl sites for hydroxylation is 1. The van der Waals surface area contributed by atoms with Crippen molar-refractivity contribution in [2.45, 2.75) is 52.9 Å². The van der Waals surface area contributed by atoms with Gasteiger partial charge < -0.3 is 9.80 Å². The zero-order chi connectivity index (χ0) is 21.0. The lowest BCUT2D eigenvalue weighted by Gasteiger charge is -2.36. The second-order valence-electron chi connectivity index (χ2n) is 7.83. The van der Waals surface area contributed by atoms with E-state index in [4.69, 9.17) is 9.97 Å². The number of hydrogen-bond acceptors (Lipinski definition) is 4. The zero-order valence-corrected chi connectivity index (χ0v) is 17.9. The van der Waals surface area contributed by atoms with E-state index in [9.17, 15) is 9.18 Å². The summed E-state index contributed by atoms with van der Waals surface area (Å²) in [5.74, 6) is 1.92. The minimum Gasteiger partial charge on any atom is -0.353 e. The van der Waals surface area contributed by atoms with Gasteiger partial charge in [0.05, 0.1) is 0 Å². The van der Waals surface area contributed by atoms with Crippen LogP contribution in [0.1, 0.15) is 62.7 Å². The van der Waals surface area contributed by atoms with Crippen LogP contribution in [0.5, 0.6) is 0 Å². The fraction of sp³-hybridized carbons (Fsp3) is 0.522. The molecule has 0 aliphatic carbocycles. The molecule has 1 aromatic carbocycles. The summed E-state index contributed by atoms with van der Waals surface area (Å²) in [5.41, 5.74) is 2.63. The molecule has 29 heavy (non-hydrogen) atoms. The van der Waals surface area contributed by atoms with Gasteiger partial charge in [0.15, 0.2) is 0 Å². The second kappa shape index (κ2) is 9.33. The van der Waals surface area contributed by atoms with Gasteiger partial charge in [-0.25, -0.2) is 14.4 Å². The first-order chi connectivity index (χ1) is 13.9. The number of carbonyl (C=O) groups is 1. The summed E-state index contributed by atoms with van der Waals surface area (Å²) in [5, 5.41) is 0. The number of carbonyl (C=O) groups excluding carboxylic acids is 1. The van der Waals surface area contributed by atoms with Crippen LogP contribution in [0.4, 0.5) is 10.2 Å². The molecule has 0 radical (unpaired) electrons. The lowest BCUT2D eigenvalue weighted by Crippen LogP contribution is -2.49. The monoisotopic (exact) mass is 398 g/mol. The molecule has 5 nitrogen and oxygen atoms in total. The topological polar surface area (TPSA) is 49.3 Å². The SMILES string of the molecule is CCC(=O)N1CCN(c2nc(C(C)C)nc(CC)c2Cc2ccccc2F)CC1. The van der Waals surface area contributed by atoms with Crippen molar-refractivity contribution in [2.24, 2.45) is 0 Å². The van der Waals surface area contributed by atoms with Crippen molar-refractivity contribution in [1.82, 2.24) is 14.9 Å². The largest absolute Gasteiger partial charge is 0.353 e. The Morgan fingerprint density at radius 1 is 1.10 bits per heavy atom. The molecule has 2 heterocycles. The molecule has 1 amide bonds. The van der Waals surface area contributed by atoms with E-state index in [1.165, 1.54) is 6.07 Å². The standard InChI is InChI=1S/C23H31FN4O/c1-5-20-18(15-17-9-7-8-10-19(17)24)23(26-22(25-20)16(3)4)28-13-11-27(12-14-28)21(29)6-2/h7-10,16H,5-6,11-15H2,1-4H3. The number of aromatic nitrogens is 2. The van der Waals surface area contributed by atoms with Crippen molar-refractivity contribution in [3.8, 4) is 0 Å². The Hall–Kier alpha value is -2.50. The van der Waals surface area contributed by atoms with Gasteiger partial charge in [0.25, 0.3) is 0 Å². The summed E-state index contributed by atoms with van der Waals surface area (Å²) >= 11 is 0. The summed E-state index contributed by atoms with van der Waals surface area (Å²) in [7, 11) is 0. The van der Waals surface area contributed by atoms with Gasteiger partial charge in [-0.3, -0.25) is 4.79 Å². The summed E-state index contributed by atoms with van der Waals surface area (Å²) in [4.78, 5) is 25.9. The molecule has 1 fully saturated rings. The van der Waals surface area contributed by atoms with Crippen molar-refractivity contribution in [2.75, 3.05) is 31.1 Å². The second-order valence-corrected chi connectivity index (χ2v) is 7.83. The highest BCUT2D eigenvalue weighted by molar-refractivity contribution is 5.76. The molecule has 6 heteroatoms. The van der Waals surface area contributed by atoms with Crippen molar-refractivity contribution in [3.63, 3.8) is 0 Å². The highest BCUT2D eigenvalue weighted by Crippen LogP contribution is 2.28. The molecule has 0 spiro atoms. The minimum absolute atomic E-state index is 0.191. The van der Waals surface area contributed by atoms with E-state index in [1.807, 2.05) is 24.0 Å². The molecular formula is C23H31FN4O. The molecule has 1 aliphatic rings. The van der Waals surface area contributed by atoms with Crippen LogP contribution in [0, 0.1) is 5.82 Å². The van der Waals surface area contributed by atoms with Gasteiger partial charge >= 0.3 is 0 Å². The number of hydrogen-bond donors (Lipinski definition) is 0. The maximum atomic E-state index is 14.4. The number of nitrogens with zero attached hydrogens (tertiary/aromatic N) is 4. The maximum Gasteiger partial charge on any atom is 0.222 e. The van der Waals surface area contributed by atoms with Crippen LogP contribution in [0.3, 0.4) is 0 Å². The van der Waals surface area contributed by atoms with Gasteiger partial charge in [-0.2, -0.15) is 0 Å². The number of benzene rings is 1. The highest BCUT2D eigenvalue weighted by atomic mass is 19.1. The molecule has 0 bridgehead atoms. The number of anilines is 1. The Balaban J connectivity index is 1.98. The van der Waals surface area contributed by atoms with Crippen LogP contribution in [0.2, 0.25) is 0 Å². The highest BCUT2D eigenvalue weighted by Gasteiger charge is 2.25. The zero-order valence-electron chi connectivity index (χ0n) is 17.9. The third-order valence-corrected chi connectivity index (χ3v) is 5.50. The number of piperazine rings is 1. The van der Waals surface area contributed by atoms with E-state index in [1.54, 1.807) is 6.07 Å². The van der Waals surface area contributed by atoms with Crippen molar-refractivity contribution in [1.29, 1.82) is 0 Å². The van der Waals surface area contributed by atoms with E-state index in [2.05, 4.69) is 25.7 Å². The molecule has 0 saturated carbocycles. The predicted molar refractivity (Wildman–Crippen MR) is 114 cm³/mol. The summed E-state index contributed by atoms with van der Waals surface area (Å²) in [6.07, 6.45) is 1.77. The van der Waals surface area contributed by atoms with Crippen LogP contribution in [-0.2, 0) is 17.6 Å². The average molecular weight is 399 g/mol. The maximum absolute atomic E-state index is 14.4. The smallest absolute Gasteiger partial charge is 0.222 e. The van der Waals surface area contributed by atoms with Crippen molar-refractivity contribution in [3.05, 3.63) is 52.7 Å². The third-order valence-electron chi connectivity index (χ3n) is 5.50. The van der Waals surface area contributed by atoms with Crippen molar-refractivity contribution < 1.29 is 9.18 Å². The van der Waals surface area contributed by atoms with Gasteiger partial charge in [-0.05, 0) is 18.1 Å². The Labute approximate surface area is 173 Å². The molecule has 1 aromatic heterocycles. The van der Waals surface area contributed by atoms with Gasteiger partial charge in [0, 0.05) is 56.2 Å². The number of rotatable bonds is 6. The third kappa shape index (κ3) is 4.74. The van der Waals surface area contributed by atoms with E-state index in [0.29, 0.717) is 31.5 Å². The van der Waals surface area contributed by atoms with Gasteiger partial charge in [0.1, 0.15) is 17.5 Å². The predicted octanol–water partition coefficient (Wildman–Crippen LogP) is 3.95. The first-order valence-corrected chi connectivity index (χ1v) is 10.6. The van der Waals surface area contributed by atoms with Crippen molar-refractivity contribution >= 4 is 11.7 Å². The minimum atomic E-state index is -0.202. The first-order valence-electron chi connectivity index (χ1n) is 10.6. The molecule has 156 valence electrons. The molecule has 3 rings (SSSR count). The Morgan fingerprint density at radius 2 is 1.79 bits per heavy atom. The summed E-state index contributed by atoms with van der Waals surface area (Å²) in [6, 6.07) is 6.90. The Kier molecular flexibility index (Phi) is 6.83. The van der Waals surface area contributed by atoms with Gasteiger partial charge in [-0.1, -0.05) is 45.9 Å². The lowest BCUT2D eigenvalue weighted by molar-refractivity contribution is -0.131. The van der Waals surface area contributed by atoms with Gasteiger partial charge in [0.2, 0.25) is 5.91 Å². The summed E-state index contributed by atoms with van der Waals surface area (Å²) < 4.78 is 14.4. The van der Waals surface area contributed by atoms with Crippen LogP contribution in [0.15, 0.2) is 24.3 Å². The molecule has 0 atom stereocenters. The average Bonchev–Trinajstić information content (AvgIpc) is 2.74. The van der Waals surface area contributed by atoms with Crippen LogP contribution >= 0.6 is 0 Å². The fourth-order valence-corrected chi connectivity index (χ4v) is 3.75. The fourth-order valence-electron chi connectivity index (χ4n) is 3.75. The molecule has 0 N–H and O–H groups in total. The quantitative estimate of drug-likeness (QED) is 0.739. The van der Waals surface area contributed by atoms with E-state index >= 15 is 0 Å². The molecule has 1 aliphatic heterocycles. The molecular weight excluding hydrogens is 367 g/mol. The van der Waals surface area contributed by atoms with Crippen LogP contribution in [-0.4, -0.2) is 47.0 Å². The Bertz CT molecular complexity index is 860. The van der Waals surface area contributed by atoms with Gasteiger partial charge in [-0.15, -0.1) is 0 Å². The first kappa shape index (κ1) is 21.2. The van der Waals surface area contributed by atoms with E-state index in [0.717, 1.165) is 42.4 Å². The summed E-state index contributed by atoms with van der Waals surface area (Å²) in [6.45, 7) is 11.0. The lowest BCUT2D eigenvalue weighted by atomic mass is 10.0. The molecule has 1 saturated heterocycles. The number of halogens is 1.